The van der Waals surface area contributed by atoms with E-state index in [2.05, 4.69) is 13.8 Å². The van der Waals surface area contributed by atoms with Crippen LogP contribution in [0.25, 0.3) is 0 Å². The molecule has 0 aromatic heterocycles. The van der Waals surface area contributed by atoms with E-state index in [1.807, 2.05) is 0 Å². The van der Waals surface area contributed by atoms with E-state index >= 15 is 0 Å². The third-order valence-corrected chi connectivity index (χ3v) is 5.53. The molecule has 0 spiro atoms. The molecule has 0 aromatic carbocycles. The molecule has 0 aliphatic heterocycles. The summed E-state index contributed by atoms with van der Waals surface area (Å²) in [7, 11) is 0. The van der Waals surface area contributed by atoms with Crippen LogP contribution in [0.15, 0.2) is 0 Å². The first-order valence-electron chi connectivity index (χ1n) is 10.5. The maximum atomic E-state index is 12.3. The second-order valence-corrected chi connectivity index (χ2v) is 7.62. The standard InChI is InChI=1S/C21H38O4/c1-3-5-6-7-8-9-10-11-12-19(4-2)25-21(24)18-15-13-17(14-16-18)20(22)23/h17-19H,3-16H2,1-2H3,(H,22,23). The number of hydrogen-bond donors (Lipinski definition) is 1. The molecule has 1 aliphatic carbocycles. The lowest BCUT2D eigenvalue weighted by molar-refractivity contribution is -0.157. The summed E-state index contributed by atoms with van der Waals surface area (Å²) in [6, 6.07) is 0. The number of esters is 1. The monoisotopic (exact) mass is 354 g/mol. The van der Waals surface area contributed by atoms with Crippen LogP contribution in [0.5, 0.6) is 0 Å². The van der Waals surface area contributed by atoms with E-state index in [-0.39, 0.29) is 23.9 Å². The first-order valence-corrected chi connectivity index (χ1v) is 10.5. The Kier molecular flexibility index (Phi) is 11.6. The van der Waals surface area contributed by atoms with Crippen LogP contribution in [-0.2, 0) is 14.3 Å². The number of carboxylic acid groups (broad SMARTS) is 1. The Balaban J connectivity index is 2.14. The van der Waals surface area contributed by atoms with E-state index < -0.39 is 5.97 Å². The SMILES string of the molecule is CCCCCCCCCCC(CC)OC(=O)C1CCC(C(=O)O)CC1. The zero-order valence-electron chi connectivity index (χ0n) is 16.3. The average Bonchev–Trinajstić information content (AvgIpc) is 2.62. The van der Waals surface area contributed by atoms with Gasteiger partial charge in [0.25, 0.3) is 0 Å². The molecular weight excluding hydrogens is 316 g/mol. The van der Waals surface area contributed by atoms with E-state index in [1.165, 1.54) is 44.9 Å². The predicted molar refractivity (Wildman–Crippen MR) is 100 cm³/mol. The smallest absolute Gasteiger partial charge is 0.309 e. The van der Waals surface area contributed by atoms with Gasteiger partial charge in [0, 0.05) is 0 Å². The number of hydrogen-bond acceptors (Lipinski definition) is 3. The minimum absolute atomic E-state index is 0.0322. The molecule has 0 amide bonds. The fourth-order valence-electron chi connectivity index (χ4n) is 3.69. The van der Waals surface area contributed by atoms with Crippen molar-refractivity contribution >= 4 is 11.9 Å². The Labute approximate surface area is 153 Å². The number of carbonyl (C=O) groups is 2. The van der Waals surface area contributed by atoms with Gasteiger partial charge >= 0.3 is 11.9 Å². The van der Waals surface area contributed by atoms with Crippen LogP contribution < -0.4 is 0 Å². The Morgan fingerprint density at radius 2 is 1.40 bits per heavy atom. The molecule has 0 radical (unpaired) electrons. The molecule has 146 valence electrons. The second-order valence-electron chi connectivity index (χ2n) is 7.62. The van der Waals surface area contributed by atoms with Gasteiger partial charge < -0.3 is 9.84 Å². The highest BCUT2D eigenvalue weighted by Gasteiger charge is 2.31. The molecule has 4 nitrogen and oxygen atoms in total. The minimum Gasteiger partial charge on any atom is -0.481 e. The van der Waals surface area contributed by atoms with Gasteiger partial charge in [-0.25, -0.2) is 0 Å². The third kappa shape index (κ3) is 9.27. The number of ether oxygens (including phenoxy) is 1. The van der Waals surface area contributed by atoms with Crippen LogP contribution in [0.2, 0.25) is 0 Å². The molecule has 1 saturated carbocycles. The van der Waals surface area contributed by atoms with Gasteiger partial charge in [-0.05, 0) is 44.9 Å². The van der Waals surface area contributed by atoms with Crippen molar-refractivity contribution in [2.75, 3.05) is 0 Å². The lowest BCUT2D eigenvalue weighted by Crippen LogP contribution is -2.29. The van der Waals surface area contributed by atoms with Crippen molar-refractivity contribution in [3.05, 3.63) is 0 Å². The summed E-state index contributed by atoms with van der Waals surface area (Å²) in [5.74, 6) is -1.20. The summed E-state index contributed by atoms with van der Waals surface area (Å²) in [4.78, 5) is 23.3. The molecule has 1 aliphatic rings. The minimum atomic E-state index is -0.729. The number of rotatable bonds is 13. The fraction of sp³-hybridized carbons (Fsp3) is 0.905. The fourth-order valence-corrected chi connectivity index (χ4v) is 3.69. The first-order chi connectivity index (χ1) is 12.1. The summed E-state index contributed by atoms with van der Waals surface area (Å²) in [5, 5.41) is 9.03. The van der Waals surface area contributed by atoms with Crippen LogP contribution in [0, 0.1) is 11.8 Å². The average molecular weight is 355 g/mol. The lowest BCUT2D eigenvalue weighted by Gasteiger charge is -2.26. The van der Waals surface area contributed by atoms with Crippen LogP contribution in [0.3, 0.4) is 0 Å². The molecule has 1 N–H and O–H groups in total. The van der Waals surface area contributed by atoms with Crippen LogP contribution in [0.1, 0.15) is 104 Å². The summed E-state index contributed by atoms with van der Waals surface area (Å²) >= 11 is 0. The van der Waals surface area contributed by atoms with Crippen molar-refractivity contribution in [2.24, 2.45) is 11.8 Å². The maximum Gasteiger partial charge on any atom is 0.309 e. The van der Waals surface area contributed by atoms with Crippen LogP contribution >= 0.6 is 0 Å². The molecule has 1 unspecified atom stereocenters. The van der Waals surface area contributed by atoms with Gasteiger partial charge in [0.05, 0.1) is 11.8 Å². The van der Waals surface area contributed by atoms with E-state index in [0.717, 1.165) is 19.3 Å². The Morgan fingerprint density at radius 3 is 1.92 bits per heavy atom. The summed E-state index contributed by atoms with van der Waals surface area (Å²) in [6.45, 7) is 4.31. The first kappa shape index (κ1) is 22.0. The molecule has 4 heteroatoms. The number of unbranched alkanes of at least 4 members (excludes halogenated alkanes) is 7. The molecule has 25 heavy (non-hydrogen) atoms. The number of carboxylic acids is 1. The van der Waals surface area contributed by atoms with Crippen molar-refractivity contribution in [3.63, 3.8) is 0 Å². The Morgan fingerprint density at radius 1 is 0.880 bits per heavy atom. The molecule has 1 atom stereocenters. The number of carbonyl (C=O) groups excluding carboxylic acids is 1. The summed E-state index contributed by atoms with van der Waals surface area (Å²) in [5.41, 5.74) is 0. The van der Waals surface area contributed by atoms with Crippen LogP contribution in [-0.4, -0.2) is 23.1 Å². The second kappa shape index (κ2) is 13.2. The van der Waals surface area contributed by atoms with E-state index in [9.17, 15) is 9.59 Å². The maximum absolute atomic E-state index is 12.3. The van der Waals surface area contributed by atoms with Gasteiger partial charge in [0.15, 0.2) is 0 Å². The van der Waals surface area contributed by atoms with Crippen molar-refractivity contribution in [2.45, 2.75) is 110 Å². The quantitative estimate of drug-likeness (QED) is 0.339. The lowest BCUT2D eigenvalue weighted by atomic mass is 9.82. The van der Waals surface area contributed by atoms with Gasteiger partial charge in [0.1, 0.15) is 6.10 Å². The van der Waals surface area contributed by atoms with E-state index in [1.54, 1.807) is 0 Å². The molecule has 1 rings (SSSR count). The van der Waals surface area contributed by atoms with E-state index in [4.69, 9.17) is 9.84 Å². The topological polar surface area (TPSA) is 63.6 Å². The summed E-state index contributed by atoms with van der Waals surface area (Å²) < 4.78 is 5.71. The van der Waals surface area contributed by atoms with Crippen molar-refractivity contribution in [1.29, 1.82) is 0 Å². The zero-order chi connectivity index (χ0) is 18.5. The van der Waals surface area contributed by atoms with Crippen LogP contribution in [0.4, 0.5) is 0 Å². The van der Waals surface area contributed by atoms with Crippen molar-refractivity contribution < 1.29 is 19.4 Å². The van der Waals surface area contributed by atoms with Gasteiger partial charge in [-0.2, -0.15) is 0 Å². The summed E-state index contributed by atoms with van der Waals surface area (Å²) in [6.07, 6.45) is 14.7. The largest absolute Gasteiger partial charge is 0.481 e. The molecule has 0 heterocycles. The van der Waals surface area contributed by atoms with E-state index in [0.29, 0.717) is 25.7 Å². The van der Waals surface area contributed by atoms with Gasteiger partial charge in [-0.15, -0.1) is 0 Å². The highest BCUT2D eigenvalue weighted by molar-refractivity contribution is 5.74. The molecular formula is C21H38O4. The van der Waals surface area contributed by atoms with Gasteiger partial charge in [-0.3, -0.25) is 9.59 Å². The normalized spacial score (nSPS) is 21.7. The number of aliphatic carboxylic acids is 1. The molecule has 1 fully saturated rings. The van der Waals surface area contributed by atoms with Gasteiger partial charge in [-0.1, -0.05) is 58.8 Å². The Bertz CT molecular complexity index is 372. The van der Waals surface area contributed by atoms with Crippen molar-refractivity contribution in [1.82, 2.24) is 0 Å². The zero-order valence-corrected chi connectivity index (χ0v) is 16.3. The third-order valence-electron chi connectivity index (χ3n) is 5.53. The molecule has 0 saturated heterocycles. The molecule has 0 aromatic rings. The predicted octanol–water partition coefficient (Wildman–Crippen LogP) is 5.73. The van der Waals surface area contributed by atoms with Crippen molar-refractivity contribution in [3.8, 4) is 0 Å². The highest BCUT2D eigenvalue weighted by atomic mass is 16.5. The highest BCUT2D eigenvalue weighted by Crippen LogP contribution is 2.30. The Hall–Kier alpha value is -1.06. The van der Waals surface area contributed by atoms with Gasteiger partial charge in [0.2, 0.25) is 0 Å². The molecule has 0 bridgehead atoms.